The molecule has 0 fully saturated rings. The summed E-state index contributed by atoms with van der Waals surface area (Å²) in [5.74, 6) is -3.66. The number of amides is 1. The molecule has 0 saturated carbocycles. The van der Waals surface area contributed by atoms with Crippen LogP contribution < -0.4 is 25.8 Å². The van der Waals surface area contributed by atoms with Crippen molar-refractivity contribution >= 4 is 46.6 Å². The lowest BCUT2D eigenvalue weighted by molar-refractivity contribution is -0.114. The Morgan fingerprint density at radius 1 is 1.00 bits per heavy atom. The van der Waals surface area contributed by atoms with Crippen LogP contribution in [-0.4, -0.2) is 40.5 Å². The summed E-state index contributed by atoms with van der Waals surface area (Å²) >= 11 is 0. The number of nitrogens with zero attached hydrogens (tertiary/aromatic N) is 1. The van der Waals surface area contributed by atoms with Gasteiger partial charge < -0.3 is 24.8 Å². The zero-order valence-corrected chi connectivity index (χ0v) is 25.5. The van der Waals surface area contributed by atoms with Gasteiger partial charge in [-0.25, -0.2) is 17.2 Å². The van der Waals surface area contributed by atoms with Gasteiger partial charge in [-0.1, -0.05) is 0 Å². The highest BCUT2D eigenvalue weighted by atomic mass is 32.2. The van der Waals surface area contributed by atoms with Gasteiger partial charge in [-0.05, 0) is 93.1 Å². The van der Waals surface area contributed by atoms with Crippen molar-refractivity contribution in [1.29, 1.82) is 0 Å². The fourth-order valence-electron chi connectivity index (χ4n) is 3.58. The van der Waals surface area contributed by atoms with Gasteiger partial charge in [-0.2, -0.15) is 4.99 Å². The maximum atomic E-state index is 14.7. The van der Waals surface area contributed by atoms with E-state index >= 15 is 0 Å². The number of benzene rings is 3. The van der Waals surface area contributed by atoms with E-state index in [9.17, 15) is 26.6 Å². The highest BCUT2D eigenvalue weighted by Crippen LogP contribution is 2.46. The van der Waals surface area contributed by atoms with Gasteiger partial charge in [-0.3, -0.25) is 14.1 Å². The molecule has 0 spiro atoms. The van der Waals surface area contributed by atoms with Gasteiger partial charge in [0.25, 0.3) is 15.9 Å². The molecule has 4 N–H and O–H groups in total. The van der Waals surface area contributed by atoms with Crippen molar-refractivity contribution in [2.24, 2.45) is 10.7 Å². The maximum Gasteiger partial charge on any atom is 0.361 e. The van der Waals surface area contributed by atoms with E-state index in [-0.39, 0.29) is 51.9 Å². The first kappa shape index (κ1) is 33.4. The SMILES string of the molecule is CCOP(=O)(OCC)c1ccc(NS(=O)(=O)c2ccc(Oc3c(F)cc(/C=C(\C)C(=O)/N=C(\N)NC)cc3F)cc2)cc1. The summed E-state index contributed by atoms with van der Waals surface area (Å²) < 4.78 is 86.5. The predicted octanol–water partition coefficient (Wildman–Crippen LogP) is 4.91. The Morgan fingerprint density at radius 3 is 2.07 bits per heavy atom. The number of nitrogens with two attached hydrogens (primary N) is 1. The molecule has 3 aromatic carbocycles. The van der Waals surface area contributed by atoms with Crippen molar-refractivity contribution in [3.8, 4) is 11.5 Å². The summed E-state index contributed by atoms with van der Waals surface area (Å²) in [4.78, 5) is 15.5. The van der Waals surface area contributed by atoms with Crippen LogP contribution in [0.5, 0.6) is 11.5 Å². The van der Waals surface area contributed by atoms with Gasteiger partial charge in [0.15, 0.2) is 23.3 Å². The summed E-state index contributed by atoms with van der Waals surface area (Å²) in [6, 6.07) is 12.5. The lowest BCUT2D eigenvalue weighted by atomic mass is 10.1. The number of hydrogen-bond donors (Lipinski definition) is 3. The molecule has 0 aliphatic rings. The average Bonchev–Trinajstić information content (AvgIpc) is 2.95. The first-order chi connectivity index (χ1) is 20.3. The number of aliphatic imine (C=N–C) groups is 1. The minimum absolute atomic E-state index is 0.0322. The number of guanidine groups is 1. The zero-order valence-electron chi connectivity index (χ0n) is 23.8. The molecule has 11 nitrogen and oxygen atoms in total. The number of hydrogen-bond acceptors (Lipinski definition) is 7. The number of halogens is 2. The smallest absolute Gasteiger partial charge is 0.361 e. The molecule has 1 amide bonds. The van der Waals surface area contributed by atoms with Crippen molar-refractivity contribution < 1.29 is 40.3 Å². The standard InChI is InChI=1S/C28H31F2N4O7PS/c1-5-39-42(36,40-6-2)22-11-7-20(8-12-22)34-43(37,38)23-13-9-21(10-14-23)41-26-24(29)16-19(17-25(26)30)15-18(3)27(35)33-28(31)32-4/h7-17,34H,5-6H2,1-4H3,(H3,31,32,33,35)/b18-15+. The summed E-state index contributed by atoms with van der Waals surface area (Å²) in [7, 11) is -6.12. The largest absolute Gasteiger partial charge is 0.451 e. The second-order valence-electron chi connectivity index (χ2n) is 8.75. The lowest BCUT2D eigenvalue weighted by Crippen LogP contribution is -2.28. The molecular weight excluding hydrogens is 605 g/mol. The number of ether oxygens (including phenoxy) is 1. The van der Waals surface area contributed by atoms with Crippen LogP contribution in [0.3, 0.4) is 0 Å². The molecule has 0 aliphatic heterocycles. The molecule has 43 heavy (non-hydrogen) atoms. The van der Waals surface area contributed by atoms with Crippen LogP contribution in [0.2, 0.25) is 0 Å². The van der Waals surface area contributed by atoms with Crippen LogP contribution in [0.25, 0.3) is 6.08 Å². The quantitative estimate of drug-likeness (QED) is 0.109. The van der Waals surface area contributed by atoms with E-state index in [0.717, 1.165) is 12.1 Å². The van der Waals surface area contributed by atoms with Gasteiger partial charge in [0.1, 0.15) is 5.75 Å². The first-order valence-electron chi connectivity index (χ1n) is 12.9. The lowest BCUT2D eigenvalue weighted by Gasteiger charge is -2.17. The Kier molecular flexibility index (Phi) is 11.2. The van der Waals surface area contributed by atoms with Crippen molar-refractivity contribution in [3.63, 3.8) is 0 Å². The molecule has 0 saturated heterocycles. The normalized spacial score (nSPS) is 12.6. The van der Waals surface area contributed by atoms with E-state index in [0.29, 0.717) is 0 Å². The minimum atomic E-state index is -4.06. The zero-order chi connectivity index (χ0) is 31.8. The van der Waals surface area contributed by atoms with Crippen LogP contribution in [0.15, 0.2) is 76.1 Å². The Labute approximate surface area is 248 Å². The third kappa shape index (κ3) is 8.71. The molecule has 0 bridgehead atoms. The fourth-order valence-corrected chi connectivity index (χ4v) is 6.21. The van der Waals surface area contributed by atoms with Crippen LogP contribution in [0, 0.1) is 11.6 Å². The molecule has 0 unspecified atom stereocenters. The highest BCUT2D eigenvalue weighted by molar-refractivity contribution is 7.92. The molecule has 0 aliphatic carbocycles. The summed E-state index contributed by atoms with van der Waals surface area (Å²) in [6.45, 7) is 5.10. The molecule has 3 rings (SSSR count). The van der Waals surface area contributed by atoms with Gasteiger partial charge >= 0.3 is 7.60 Å². The molecule has 15 heteroatoms. The number of nitrogens with one attached hydrogen (secondary N) is 2. The number of rotatable bonds is 12. The third-order valence-electron chi connectivity index (χ3n) is 5.61. The fraction of sp³-hybridized carbons (Fsp3) is 0.214. The average molecular weight is 637 g/mol. The van der Waals surface area contributed by atoms with E-state index < -0.39 is 40.9 Å². The second kappa shape index (κ2) is 14.4. The predicted molar refractivity (Wildman–Crippen MR) is 160 cm³/mol. The molecule has 0 radical (unpaired) electrons. The Morgan fingerprint density at radius 2 is 1.56 bits per heavy atom. The maximum absolute atomic E-state index is 14.7. The van der Waals surface area contributed by atoms with E-state index in [1.54, 1.807) is 13.8 Å². The molecule has 0 aromatic heterocycles. The van der Waals surface area contributed by atoms with E-state index in [2.05, 4.69) is 15.0 Å². The van der Waals surface area contributed by atoms with Crippen molar-refractivity contribution in [3.05, 3.63) is 83.4 Å². The molecule has 0 heterocycles. The topological polar surface area (TPSA) is 158 Å². The molecule has 3 aromatic rings. The Hall–Kier alpha value is -4.10. The van der Waals surface area contributed by atoms with Crippen LogP contribution in [0.1, 0.15) is 26.3 Å². The van der Waals surface area contributed by atoms with Crippen molar-refractivity contribution in [1.82, 2.24) is 5.32 Å². The summed E-state index contributed by atoms with van der Waals surface area (Å²) in [5.41, 5.74) is 5.77. The van der Waals surface area contributed by atoms with Gasteiger partial charge in [0.05, 0.1) is 23.4 Å². The van der Waals surface area contributed by atoms with E-state index in [4.69, 9.17) is 19.5 Å². The molecule has 230 valence electrons. The van der Waals surface area contributed by atoms with Crippen LogP contribution in [0.4, 0.5) is 14.5 Å². The Bertz CT molecular complexity index is 1650. The highest BCUT2D eigenvalue weighted by Gasteiger charge is 2.26. The molecule has 0 atom stereocenters. The van der Waals surface area contributed by atoms with Crippen molar-refractivity contribution in [2.75, 3.05) is 25.0 Å². The number of carbonyl (C=O) groups excluding carboxylic acids is 1. The van der Waals surface area contributed by atoms with E-state index in [1.165, 1.54) is 68.6 Å². The number of anilines is 1. The van der Waals surface area contributed by atoms with Gasteiger partial charge in [-0.15, -0.1) is 0 Å². The van der Waals surface area contributed by atoms with E-state index in [1.807, 2.05) is 0 Å². The second-order valence-corrected chi connectivity index (χ2v) is 12.5. The van der Waals surface area contributed by atoms with Gasteiger partial charge in [0, 0.05) is 18.3 Å². The first-order valence-corrected chi connectivity index (χ1v) is 15.9. The van der Waals surface area contributed by atoms with Crippen LogP contribution >= 0.6 is 7.60 Å². The monoisotopic (exact) mass is 636 g/mol. The third-order valence-corrected chi connectivity index (χ3v) is 9.13. The Balaban J connectivity index is 1.74. The van der Waals surface area contributed by atoms with Crippen LogP contribution in [-0.2, 0) is 28.4 Å². The summed E-state index contributed by atoms with van der Waals surface area (Å²) in [5, 5.41) is 2.76. The number of carbonyl (C=O) groups is 1. The van der Waals surface area contributed by atoms with Gasteiger partial charge in [0.2, 0.25) is 0 Å². The van der Waals surface area contributed by atoms with Crippen molar-refractivity contribution in [2.45, 2.75) is 25.7 Å². The minimum Gasteiger partial charge on any atom is -0.451 e. The number of sulfonamides is 1. The molecular formula is C28H31F2N4O7PS. The summed E-state index contributed by atoms with van der Waals surface area (Å²) in [6.07, 6.45) is 1.24.